The van der Waals surface area contributed by atoms with Gasteiger partial charge in [0.1, 0.15) is 6.07 Å². The fourth-order valence-electron chi connectivity index (χ4n) is 0.379. The Kier molecular flexibility index (Phi) is 1.28. The quantitative estimate of drug-likeness (QED) is 0.526. The van der Waals surface area contributed by atoms with Crippen LogP contribution in [0.15, 0.2) is 12.4 Å². The molecule has 0 amide bonds. The second kappa shape index (κ2) is 2.09. The number of aromatic nitrogens is 2. The maximum absolute atomic E-state index is 8.62. The van der Waals surface area contributed by atoms with Crippen LogP contribution >= 0.6 is 0 Å². The standard InChI is InChI=1S/C5H3N3O/c6-1-5-7-2-4(9)3-8-5/h2-3,9H. The van der Waals surface area contributed by atoms with Gasteiger partial charge >= 0.3 is 0 Å². The fraction of sp³-hybridized carbons (Fsp3) is 0. The Morgan fingerprint density at radius 2 is 2.00 bits per heavy atom. The minimum Gasteiger partial charge on any atom is -0.505 e. The Bertz CT molecular complexity index is 235. The van der Waals surface area contributed by atoms with Crippen molar-refractivity contribution in [2.45, 2.75) is 0 Å². The minimum atomic E-state index is -0.0333. The van der Waals surface area contributed by atoms with Gasteiger partial charge in [-0.1, -0.05) is 0 Å². The van der Waals surface area contributed by atoms with Gasteiger partial charge in [0.2, 0.25) is 5.82 Å². The van der Waals surface area contributed by atoms with Crippen LogP contribution in [0.3, 0.4) is 0 Å². The predicted molar refractivity (Wildman–Crippen MR) is 28.4 cm³/mol. The van der Waals surface area contributed by atoms with Crippen molar-refractivity contribution < 1.29 is 5.11 Å². The highest BCUT2D eigenvalue weighted by atomic mass is 16.3. The second-order valence-corrected chi connectivity index (χ2v) is 1.38. The Labute approximate surface area is 51.4 Å². The average Bonchev–Trinajstić information content (AvgIpc) is 1.90. The van der Waals surface area contributed by atoms with E-state index in [2.05, 4.69) is 9.97 Å². The fourth-order valence-corrected chi connectivity index (χ4v) is 0.379. The average molecular weight is 121 g/mol. The van der Waals surface area contributed by atoms with E-state index < -0.39 is 0 Å². The first kappa shape index (κ1) is 5.51. The lowest BCUT2D eigenvalue weighted by atomic mass is 10.6. The third kappa shape index (κ3) is 1.13. The molecule has 0 unspecified atom stereocenters. The molecule has 1 N–H and O–H groups in total. The third-order valence-electron chi connectivity index (χ3n) is 0.738. The van der Waals surface area contributed by atoms with Gasteiger partial charge in [0.15, 0.2) is 5.75 Å². The molecular formula is C5H3N3O. The summed E-state index contributed by atoms with van der Waals surface area (Å²) in [6, 6.07) is 1.72. The Morgan fingerprint density at radius 1 is 1.44 bits per heavy atom. The SMILES string of the molecule is N#Cc1ncc(O)cn1. The topological polar surface area (TPSA) is 69.8 Å². The summed E-state index contributed by atoms with van der Waals surface area (Å²) in [4.78, 5) is 6.95. The zero-order valence-electron chi connectivity index (χ0n) is 4.44. The number of aromatic hydroxyl groups is 1. The molecule has 0 saturated heterocycles. The van der Waals surface area contributed by atoms with Crippen molar-refractivity contribution in [3.8, 4) is 11.8 Å². The number of nitrogens with zero attached hydrogens (tertiary/aromatic N) is 3. The molecule has 0 spiro atoms. The maximum Gasteiger partial charge on any atom is 0.232 e. The third-order valence-corrected chi connectivity index (χ3v) is 0.738. The smallest absolute Gasteiger partial charge is 0.232 e. The summed E-state index contributed by atoms with van der Waals surface area (Å²) >= 11 is 0. The van der Waals surface area contributed by atoms with Crippen molar-refractivity contribution in [1.29, 1.82) is 5.26 Å². The van der Waals surface area contributed by atoms with Crippen LogP contribution in [0.25, 0.3) is 0 Å². The summed E-state index contributed by atoms with van der Waals surface area (Å²) in [6.45, 7) is 0. The summed E-state index contributed by atoms with van der Waals surface area (Å²) in [5.41, 5.74) is 0. The van der Waals surface area contributed by atoms with Gasteiger partial charge in [-0.3, -0.25) is 0 Å². The van der Waals surface area contributed by atoms with Gasteiger partial charge in [-0.25, -0.2) is 9.97 Å². The van der Waals surface area contributed by atoms with Crippen LogP contribution in [-0.4, -0.2) is 15.1 Å². The largest absolute Gasteiger partial charge is 0.505 e. The van der Waals surface area contributed by atoms with Crippen molar-refractivity contribution in [2.75, 3.05) is 0 Å². The van der Waals surface area contributed by atoms with E-state index in [-0.39, 0.29) is 11.6 Å². The normalized spacial score (nSPS) is 8.33. The first-order chi connectivity index (χ1) is 4.33. The molecule has 4 nitrogen and oxygen atoms in total. The molecule has 0 aromatic carbocycles. The molecule has 0 atom stereocenters. The van der Waals surface area contributed by atoms with Crippen LogP contribution in [0.1, 0.15) is 5.82 Å². The Morgan fingerprint density at radius 3 is 2.44 bits per heavy atom. The molecule has 1 aromatic rings. The van der Waals surface area contributed by atoms with E-state index in [0.29, 0.717) is 0 Å². The minimum absolute atomic E-state index is 0.0333. The molecule has 0 radical (unpaired) electrons. The van der Waals surface area contributed by atoms with Crippen LogP contribution in [0.5, 0.6) is 5.75 Å². The van der Waals surface area contributed by atoms with Gasteiger partial charge in [-0.2, -0.15) is 5.26 Å². The summed E-state index contributed by atoms with van der Waals surface area (Å²) in [6.07, 6.45) is 2.34. The van der Waals surface area contributed by atoms with Crippen molar-refractivity contribution in [3.63, 3.8) is 0 Å². The van der Waals surface area contributed by atoms with E-state index >= 15 is 0 Å². The summed E-state index contributed by atoms with van der Waals surface area (Å²) in [7, 11) is 0. The molecule has 0 aliphatic rings. The lowest BCUT2D eigenvalue weighted by Gasteiger charge is -1.85. The van der Waals surface area contributed by atoms with Crippen LogP contribution < -0.4 is 0 Å². The highest BCUT2D eigenvalue weighted by Crippen LogP contribution is 2.00. The molecule has 1 heterocycles. The highest BCUT2D eigenvalue weighted by Gasteiger charge is 1.90. The summed E-state index contributed by atoms with van der Waals surface area (Å²) in [5, 5.41) is 16.8. The van der Waals surface area contributed by atoms with Crippen LogP contribution in [0, 0.1) is 11.3 Å². The Hall–Kier alpha value is -1.63. The van der Waals surface area contributed by atoms with Crippen molar-refractivity contribution in [1.82, 2.24) is 9.97 Å². The molecular weight excluding hydrogens is 118 g/mol. The molecule has 4 heteroatoms. The summed E-state index contributed by atoms with van der Waals surface area (Å²) < 4.78 is 0. The molecule has 0 fully saturated rings. The van der Waals surface area contributed by atoms with E-state index in [4.69, 9.17) is 10.4 Å². The predicted octanol–water partition coefficient (Wildman–Crippen LogP) is 0.0539. The summed E-state index contributed by atoms with van der Waals surface area (Å²) in [5.74, 6) is 0.0294. The molecule has 0 aliphatic carbocycles. The van der Waals surface area contributed by atoms with Gasteiger partial charge in [0, 0.05) is 0 Å². The van der Waals surface area contributed by atoms with Gasteiger partial charge in [0.05, 0.1) is 12.4 Å². The number of rotatable bonds is 0. The number of nitriles is 1. The molecule has 9 heavy (non-hydrogen) atoms. The molecule has 0 aliphatic heterocycles. The van der Waals surface area contributed by atoms with Crippen molar-refractivity contribution in [3.05, 3.63) is 18.2 Å². The maximum atomic E-state index is 8.62. The van der Waals surface area contributed by atoms with Gasteiger partial charge in [0.25, 0.3) is 0 Å². The number of hydrogen-bond donors (Lipinski definition) is 1. The van der Waals surface area contributed by atoms with Crippen LogP contribution in [0.2, 0.25) is 0 Å². The van der Waals surface area contributed by atoms with Crippen LogP contribution in [0.4, 0.5) is 0 Å². The van der Waals surface area contributed by atoms with E-state index in [1.807, 2.05) is 0 Å². The van der Waals surface area contributed by atoms with Crippen molar-refractivity contribution in [2.24, 2.45) is 0 Å². The van der Waals surface area contributed by atoms with Gasteiger partial charge < -0.3 is 5.11 Å². The molecule has 1 aromatic heterocycles. The monoisotopic (exact) mass is 121 g/mol. The lowest BCUT2D eigenvalue weighted by molar-refractivity contribution is 0.469. The molecule has 0 bridgehead atoms. The van der Waals surface area contributed by atoms with Gasteiger partial charge in [-0.05, 0) is 0 Å². The Balaban J connectivity index is 3.06. The van der Waals surface area contributed by atoms with E-state index in [9.17, 15) is 0 Å². The van der Waals surface area contributed by atoms with E-state index in [1.54, 1.807) is 6.07 Å². The van der Waals surface area contributed by atoms with Crippen LogP contribution in [-0.2, 0) is 0 Å². The zero-order chi connectivity index (χ0) is 6.69. The van der Waals surface area contributed by atoms with Crippen molar-refractivity contribution >= 4 is 0 Å². The molecule has 0 saturated carbocycles. The number of hydrogen-bond acceptors (Lipinski definition) is 4. The van der Waals surface area contributed by atoms with E-state index in [0.717, 1.165) is 0 Å². The highest BCUT2D eigenvalue weighted by molar-refractivity contribution is 5.15. The lowest BCUT2D eigenvalue weighted by Crippen LogP contribution is -1.84. The van der Waals surface area contributed by atoms with Gasteiger partial charge in [-0.15, -0.1) is 0 Å². The molecule has 1 rings (SSSR count). The first-order valence-corrected chi connectivity index (χ1v) is 2.24. The second-order valence-electron chi connectivity index (χ2n) is 1.38. The first-order valence-electron chi connectivity index (χ1n) is 2.24. The zero-order valence-corrected chi connectivity index (χ0v) is 4.44. The van der Waals surface area contributed by atoms with E-state index in [1.165, 1.54) is 12.4 Å². The molecule has 44 valence electrons.